The van der Waals surface area contributed by atoms with Crippen molar-refractivity contribution < 1.29 is 9.90 Å². The van der Waals surface area contributed by atoms with Crippen LogP contribution < -0.4 is 5.32 Å². The van der Waals surface area contributed by atoms with E-state index in [-0.39, 0.29) is 23.6 Å². The molecule has 0 spiro atoms. The van der Waals surface area contributed by atoms with Crippen LogP contribution in [0, 0.1) is 17.2 Å². The van der Waals surface area contributed by atoms with Crippen molar-refractivity contribution >= 4 is 34.1 Å². The molecule has 0 radical (unpaired) electrons. The minimum Gasteiger partial charge on any atom is -0.507 e. The molecule has 2 aliphatic rings. The molecule has 1 aromatic heterocycles. The molecule has 8 heteroatoms. The molecule has 7 nitrogen and oxygen atoms in total. The molecule has 2 fully saturated rings. The van der Waals surface area contributed by atoms with Gasteiger partial charge in [0, 0.05) is 46.4 Å². The predicted molar refractivity (Wildman–Crippen MR) is 122 cm³/mol. The third-order valence-electron chi connectivity index (χ3n) is 6.12. The largest absolute Gasteiger partial charge is 0.507 e. The van der Waals surface area contributed by atoms with Crippen LogP contribution in [-0.2, 0) is 4.79 Å². The second-order valence-corrected chi connectivity index (χ2v) is 8.91. The van der Waals surface area contributed by atoms with E-state index in [0.717, 1.165) is 43.0 Å². The van der Waals surface area contributed by atoms with Crippen molar-refractivity contribution in [2.45, 2.75) is 31.7 Å². The number of anilines is 1. The second kappa shape index (κ2) is 8.29. The number of carbonyl (C=O) groups is 1. The quantitative estimate of drug-likeness (QED) is 0.616. The predicted octanol–water partition coefficient (Wildman–Crippen LogP) is 4.34. The Kier molecular flexibility index (Phi) is 5.32. The maximum Gasteiger partial charge on any atom is 0.225 e. The summed E-state index contributed by atoms with van der Waals surface area (Å²) in [5.74, 6) is 1.05. The van der Waals surface area contributed by atoms with E-state index in [1.165, 1.54) is 6.07 Å². The number of hydrogen-bond donors (Lipinski definition) is 2. The Balaban J connectivity index is 1.50. The minimum atomic E-state index is 0.0136. The molecular weight excluding hydrogens is 426 g/mol. The minimum absolute atomic E-state index is 0.0136. The first-order chi connectivity index (χ1) is 15.5. The van der Waals surface area contributed by atoms with E-state index in [1.54, 1.807) is 24.3 Å². The van der Waals surface area contributed by atoms with Gasteiger partial charge in [-0.3, -0.25) is 4.79 Å². The van der Waals surface area contributed by atoms with E-state index in [1.807, 2.05) is 11.0 Å². The van der Waals surface area contributed by atoms with Crippen molar-refractivity contribution in [1.29, 1.82) is 5.26 Å². The highest BCUT2D eigenvalue weighted by atomic mass is 35.5. The van der Waals surface area contributed by atoms with E-state index in [9.17, 15) is 15.2 Å². The fourth-order valence-corrected chi connectivity index (χ4v) is 4.48. The maximum absolute atomic E-state index is 12.5. The van der Waals surface area contributed by atoms with Crippen LogP contribution in [-0.4, -0.2) is 45.2 Å². The van der Waals surface area contributed by atoms with Crippen molar-refractivity contribution in [2.24, 2.45) is 5.92 Å². The van der Waals surface area contributed by atoms with Gasteiger partial charge in [-0.15, -0.1) is 10.2 Å². The lowest BCUT2D eigenvalue weighted by molar-refractivity contribution is -0.133. The lowest BCUT2D eigenvalue weighted by Crippen LogP contribution is -2.45. The molecule has 1 aliphatic heterocycles. The Bertz CT molecular complexity index is 1250. The fourth-order valence-electron chi connectivity index (χ4n) is 4.31. The topological polar surface area (TPSA) is 102 Å². The van der Waals surface area contributed by atoms with Crippen molar-refractivity contribution in [1.82, 2.24) is 15.1 Å². The molecule has 0 unspecified atom stereocenters. The Labute approximate surface area is 190 Å². The van der Waals surface area contributed by atoms with E-state index in [4.69, 9.17) is 11.6 Å². The van der Waals surface area contributed by atoms with Gasteiger partial charge in [0.2, 0.25) is 5.91 Å². The van der Waals surface area contributed by atoms with Crippen LogP contribution in [0.25, 0.3) is 22.0 Å². The van der Waals surface area contributed by atoms with Gasteiger partial charge in [0.15, 0.2) is 5.82 Å². The van der Waals surface area contributed by atoms with Crippen LogP contribution >= 0.6 is 11.6 Å². The van der Waals surface area contributed by atoms with Gasteiger partial charge >= 0.3 is 0 Å². The van der Waals surface area contributed by atoms with Gasteiger partial charge in [-0.05, 0) is 56.0 Å². The van der Waals surface area contributed by atoms with Crippen molar-refractivity contribution in [3.8, 4) is 23.1 Å². The summed E-state index contributed by atoms with van der Waals surface area (Å²) in [5.41, 5.74) is 1.54. The van der Waals surface area contributed by atoms with Crippen LogP contribution in [0.3, 0.4) is 0 Å². The van der Waals surface area contributed by atoms with Crippen LogP contribution in [0.2, 0.25) is 5.02 Å². The van der Waals surface area contributed by atoms with Gasteiger partial charge in [-0.1, -0.05) is 17.7 Å². The van der Waals surface area contributed by atoms with Crippen LogP contribution in [0.1, 0.15) is 31.2 Å². The molecule has 2 N–H and O–H groups in total. The molecule has 5 rings (SSSR count). The van der Waals surface area contributed by atoms with E-state index in [2.05, 4.69) is 21.6 Å². The number of rotatable bonds is 4. The molecule has 0 bridgehead atoms. The number of piperidine rings is 1. The highest BCUT2D eigenvalue weighted by molar-refractivity contribution is 6.30. The average Bonchev–Trinajstić information content (AvgIpc) is 3.65. The number of fused-ring (bicyclic) bond motifs is 1. The second-order valence-electron chi connectivity index (χ2n) is 8.47. The molecular formula is C24H22ClN5O2. The molecule has 2 aromatic carbocycles. The number of carbonyl (C=O) groups excluding carboxylic acids is 1. The third kappa shape index (κ3) is 3.94. The van der Waals surface area contributed by atoms with Gasteiger partial charge in [0.1, 0.15) is 11.4 Å². The standard InChI is InChI=1S/C24H22ClN5O2/c25-16-6-8-19(21(31)11-16)22-18-7-3-14(12-26)10-20(18)23(29-28-22)27-17-2-1-9-30(13-17)24(32)15-4-5-15/h3,6-8,10-11,15,17,31H,1-2,4-5,9,13H2,(H,27,29)/t17-/m1/s1. The zero-order chi connectivity index (χ0) is 22.2. The monoisotopic (exact) mass is 447 g/mol. The first kappa shape index (κ1) is 20.5. The summed E-state index contributed by atoms with van der Waals surface area (Å²) >= 11 is 5.98. The Morgan fingerprint density at radius 2 is 2.00 bits per heavy atom. The highest BCUT2D eigenvalue weighted by Crippen LogP contribution is 2.37. The van der Waals surface area contributed by atoms with Gasteiger partial charge in [-0.25, -0.2) is 0 Å². The molecule has 1 aliphatic carbocycles. The number of nitrogens with one attached hydrogen (secondary N) is 1. The smallest absolute Gasteiger partial charge is 0.225 e. The molecule has 3 aromatic rings. The van der Waals surface area contributed by atoms with E-state index >= 15 is 0 Å². The Morgan fingerprint density at radius 1 is 1.16 bits per heavy atom. The van der Waals surface area contributed by atoms with Gasteiger partial charge in [-0.2, -0.15) is 5.26 Å². The number of nitrogens with zero attached hydrogens (tertiary/aromatic N) is 4. The lowest BCUT2D eigenvalue weighted by Gasteiger charge is -2.33. The van der Waals surface area contributed by atoms with Crippen LogP contribution in [0.5, 0.6) is 5.75 Å². The molecule has 162 valence electrons. The van der Waals surface area contributed by atoms with Crippen molar-refractivity contribution in [2.75, 3.05) is 18.4 Å². The zero-order valence-corrected chi connectivity index (χ0v) is 18.1. The first-order valence-electron chi connectivity index (χ1n) is 10.8. The number of phenolic OH excluding ortho intramolecular Hbond substituents is 1. The molecule has 1 saturated carbocycles. The number of aromatic nitrogens is 2. The summed E-state index contributed by atoms with van der Waals surface area (Å²) in [4.78, 5) is 14.5. The molecule has 2 heterocycles. The zero-order valence-electron chi connectivity index (χ0n) is 17.4. The molecule has 1 saturated heterocycles. The molecule has 1 amide bonds. The number of aromatic hydroxyl groups is 1. The number of halogens is 1. The average molecular weight is 448 g/mol. The normalized spacial score (nSPS) is 18.4. The van der Waals surface area contributed by atoms with Crippen molar-refractivity contribution in [3.05, 3.63) is 47.0 Å². The van der Waals surface area contributed by atoms with Gasteiger partial charge < -0.3 is 15.3 Å². The summed E-state index contributed by atoms with van der Waals surface area (Å²) in [5, 5.41) is 34.0. The number of nitriles is 1. The van der Waals surface area contributed by atoms with Crippen LogP contribution in [0.15, 0.2) is 36.4 Å². The third-order valence-corrected chi connectivity index (χ3v) is 6.36. The van der Waals surface area contributed by atoms with Gasteiger partial charge in [0.25, 0.3) is 0 Å². The number of phenols is 1. The molecule has 1 atom stereocenters. The van der Waals surface area contributed by atoms with E-state index in [0.29, 0.717) is 34.2 Å². The maximum atomic E-state index is 12.5. The molecule has 32 heavy (non-hydrogen) atoms. The fraction of sp³-hybridized carbons (Fsp3) is 0.333. The van der Waals surface area contributed by atoms with Gasteiger partial charge in [0.05, 0.1) is 11.6 Å². The number of benzene rings is 2. The summed E-state index contributed by atoms with van der Waals surface area (Å²) in [7, 11) is 0. The summed E-state index contributed by atoms with van der Waals surface area (Å²) in [6, 6.07) is 12.4. The Hall–Kier alpha value is -3.37. The van der Waals surface area contributed by atoms with E-state index < -0.39 is 0 Å². The highest BCUT2D eigenvalue weighted by Gasteiger charge is 2.35. The number of hydrogen-bond acceptors (Lipinski definition) is 6. The lowest BCUT2D eigenvalue weighted by atomic mass is 10.0. The first-order valence-corrected chi connectivity index (χ1v) is 11.2. The van der Waals surface area contributed by atoms with Crippen molar-refractivity contribution in [3.63, 3.8) is 0 Å². The summed E-state index contributed by atoms with van der Waals surface area (Å²) in [6.07, 6.45) is 3.86. The summed E-state index contributed by atoms with van der Waals surface area (Å²) < 4.78 is 0. The van der Waals surface area contributed by atoms with Crippen LogP contribution in [0.4, 0.5) is 5.82 Å². The summed E-state index contributed by atoms with van der Waals surface area (Å²) in [6.45, 7) is 1.43. The SMILES string of the molecule is N#Cc1ccc2c(-c3ccc(Cl)cc3O)nnc(N[C@@H]3CCCN(C(=O)C4CC4)C3)c2c1. The number of amides is 1. The Morgan fingerprint density at radius 3 is 2.75 bits per heavy atom. The number of likely N-dealkylation sites (tertiary alicyclic amines) is 1.